The van der Waals surface area contributed by atoms with Crippen LogP contribution in [0.1, 0.15) is 31.4 Å². The number of nitriles is 1. The molecule has 0 radical (unpaired) electrons. The van der Waals surface area contributed by atoms with Crippen LogP contribution in [0.4, 0.5) is 0 Å². The number of carbonyl (C=O) groups is 1. The van der Waals surface area contributed by atoms with Gasteiger partial charge in [-0.2, -0.15) is 5.26 Å². The molecule has 1 aliphatic rings. The van der Waals surface area contributed by atoms with Crippen LogP contribution in [0.5, 0.6) is 0 Å². The van der Waals surface area contributed by atoms with E-state index in [1.807, 2.05) is 37.3 Å². The van der Waals surface area contributed by atoms with E-state index >= 15 is 0 Å². The van der Waals surface area contributed by atoms with Gasteiger partial charge in [-0.05, 0) is 24.3 Å². The molecular formula is C15H18N2O2. The van der Waals surface area contributed by atoms with Gasteiger partial charge < -0.3 is 10.4 Å². The summed E-state index contributed by atoms with van der Waals surface area (Å²) in [6.07, 6.45) is 1.20. The Bertz CT molecular complexity index is 487. The second-order valence-electron chi connectivity index (χ2n) is 5.33. The summed E-state index contributed by atoms with van der Waals surface area (Å²) in [5.74, 6) is 0.144. The molecule has 2 rings (SSSR count). The lowest BCUT2D eigenvalue weighted by Crippen LogP contribution is -2.49. The summed E-state index contributed by atoms with van der Waals surface area (Å²) >= 11 is 0. The Balaban J connectivity index is 2.07. The van der Waals surface area contributed by atoms with Gasteiger partial charge in [0.2, 0.25) is 5.91 Å². The third-order valence-electron chi connectivity index (χ3n) is 3.73. The molecule has 0 unspecified atom stereocenters. The van der Waals surface area contributed by atoms with Gasteiger partial charge in [-0.25, -0.2) is 0 Å². The Morgan fingerprint density at radius 3 is 2.63 bits per heavy atom. The van der Waals surface area contributed by atoms with Crippen molar-refractivity contribution >= 4 is 5.91 Å². The molecule has 0 spiro atoms. The van der Waals surface area contributed by atoms with Crippen molar-refractivity contribution < 1.29 is 9.90 Å². The molecular weight excluding hydrogens is 240 g/mol. The van der Waals surface area contributed by atoms with Crippen LogP contribution in [0, 0.1) is 22.7 Å². The summed E-state index contributed by atoms with van der Waals surface area (Å²) in [4.78, 5) is 12.2. The van der Waals surface area contributed by atoms with Crippen LogP contribution < -0.4 is 5.32 Å². The molecule has 1 aromatic carbocycles. The summed E-state index contributed by atoms with van der Waals surface area (Å²) in [6, 6.07) is 11.0. The van der Waals surface area contributed by atoms with Crippen LogP contribution in [0.2, 0.25) is 0 Å². The van der Waals surface area contributed by atoms with E-state index in [9.17, 15) is 15.2 Å². The smallest absolute Gasteiger partial charge is 0.241 e. The molecule has 1 atom stereocenters. The number of rotatable bonds is 4. The number of nitrogens with zero attached hydrogens (tertiary/aromatic N) is 1. The Morgan fingerprint density at radius 1 is 1.53 bits per heavy atom. The van der Waals surface area contributed by atoms with Gasteiger partial charge in [0.1, 0.15) is 5.41 Å². The summed E-state index contributed by atoms with van der Waals surface area (Å²) in [5.41, 5.74) is -0.0551. The van der Waals surface area contributed by atoms with E-state index in [0.717, 1.165) is 5.56 Å². The van der Waals surface area contributed by atoms with Crippen LogP contribution in [0.25, 0.3) is 0 Å². The van der Waals surface area contributed by atoms with Crippen molar-refractivity contribution in [3.63, 3.8) is 0 Å². The maximum atomic E-state index is 12.2. The van der Waals surface area contributed by atoms with Crippen molar-refractivity contribution in [2.75, 3.05) is 6.61 Å². The number of carbonyl (C=O) groups excluding carboxylic acids is 1. The van der Waals surface area contributed by atoms with Gasteiger partial charge in [0.15, 0.2) is 0 Å². The van der Waals surface area contributed by atoms with Gasteiger partial charge in [-0.15, -0.1) is 0 Å². The van der Waals surface area contributed by atoms with Gasteiger partial charge in [0.25, 0.3) is 0 Å². The van der Waals surface area contributed by atoms with E-state index in [4.69, 9.17) is 0 Å². The molecule has 4 nitrogen and oxygen atoms in total. The molecule has 0 bridgehead atoms. The highest BCUT2D eigenvalue weighted by Gasteiger charge is 2.49. The minimum Gasteiger partial charge on any atom is -0.394 e. The zero-order valence-electron chi connectivity index (χ0n) is 11.0. The first-order valence-electron chi connectivity index (χ1n) is 6.49. The predicted octanol–water partition coefficient (Wildman–Crippen LogP) is 1.78. The van der Waals surface area contributed by atoms with Gasteiger partial charge in [0, 0.05) is 0 Å². The molecule has 1 aliphatic carbocycles. The quantitative estimate of drug-likeness (QED) is 0.864. The SMILES string of the molecule is CC1CC(C#N)(C(=O)N[C@H](CO)c2ccccc2)C1. The predicted molar refractivity (Wildman–Crippen MR) is 70.9 cm³/mol. The third kappa shape index (κ3) is 2.61. The number of nitrogens with one attached hydrogen (secondary N) is 1. The second-order valence-corrected chi connectivity index (χ2v) is 5.33. The number of hydrogen-bond donors (Lipinski definition) is 2. The molecule has 4 heteroatoms. The average molecular weight is 258 g/mol. The number of hydrogen-bond acceptors (Lipinski definition) is 3. The van der Waals surface area contributed by atoms with E-state index in [2.05, 4.69) is 11.4 Å². The molecule has 1 saturated carbocycles. The summed E-state index contributed by atoms with van der Waals surface area (Å²) in [5, 5.41) is 21.4. The Kier molecular flexibility index (Phi) is 3.87. The average Bonchev–Trinajstić information content (AvgIpc) is 2.41. The van der Waals surface area contributed by atoms with E-state index in [-0.39, 0.29) is 12.5 Å². The number of amides is 1. The molecule has 0 aromatic heterocycles. The van der Waals surface area contributed by atoms with Crippen LogP contribution in [0.15, 0.2) is 30.3 Å². The third-order valence-corrected chi connectivity index (χ3v) is 3.73. The highest BCUT2D eigenvalue weighted by molar-refractivity contribution is 5.86. The van der Waals surface area contributed by atoms with E-state index < -0.39 is 11.5 Å². The van der Waals surface area contributed by atoms with Gasteiger partial charge in [0.05, 0.1) is 18.7 Å². The first-order valence-corrected chi connectivity index (χ1v) is 6.49. The van der Waals surface area contributed by atoms with Crippen LogP contribution in [-0.4, -0.2) is 17.6 Å². The van der Waals surface area contributed by atoms with Crippen LogP contribution >= 0.6 is 0 Å². The fourth-order valence-corrected chi connectivity index (χ4v) is 2.67. The lowest BCUT2D eigenvalue weighted by molar-refractivity contribution is -0.135. The summed E-state index contributed by atoms with van der Waals surface area (Å²) < 4.78 is 0. The van der Waals surface area contributed by atoms with Crippen molar-refractivity contribution in [2.24, 2.45) is 11.3 Å². The Hall–Kier alpha value is -1.86. The maximum Gasteiger partial charge on any atom is 0.241 e. The van der Waals surface area contributed by atoms with Crippen molar-refractivity contribution in [2.45, 2.75) is 25.8 Å². The largest absolute Gasteiger partial charge is 0.394 e. The monoisotopic (exact) mass is 258 g/mol. The van der Waals surface area contributed by atoms with Crippen molar-refractivity contribution in [1.29, 1.82) is 5.26 Å². The fourth-order valence-electron chi connectivity index (χ4n) is 2.67. The zero-order chi connectivity index (χ0) is 13.9. The first kappa shape index (κ1) is 13.6. The lowest BCUT2D eigenvalue weighted by Gasteiger charge is -2.40. The maximum absolute atomic E-state index is 12.2. The number of benzene rings is 1. The van der Waals surface area contributed by atoms with Gasteiger partial charge >= 0.3 is 0 Å². The molecule has 1 aromatic rings. The Morgan fingerprint density at radius 2 is 2.16 bits per heavy atom. The van der Waals surface area contributed by atoms with Gasteiger partial charge in [-0.3, -0.25) is 4.79 Å². The molecule has 100 valence electrons. The minimum absolute atomic E-state index is 0.174. The van der Waals surface area contributed by atoms with Crippen molar-refractivity contribution in [3.05, 3.63) is 35.9 Å². The molecule has 19 heavy (non-hydrogen) atoms. The zero-order valence-corrected chi connectivity index (χ0v) is 11.0. The number of aliphatic hydroxyl groups excluding tert-OH is 1. The lowest BCUT2D eigenvalue weighted by atomic mass is 9.63. The number of aliphatic hydroxyl groups is 1. The van der Waals surface area contributed by atoms with E-state index in [0.29, 0.717) is 18.8 Å². The Labute approximate surface area is 113 Å². The standard InChI is InChI=1S/C15H18N2O2/c1-11-7-15(8-11,10-16)14(19)17-13(9-18)12-5-3-2-4-6-12/h2-6,11,13,18H,7-9H2,1H3,(H,17,19)/t11?,13-,15?/m1/s1. The summed E-state index contributed by atoms with van der Waals surface area (Å²) in [7, 11) is 0. The summed E-state index contributed by atoms with van der Waals surface area (Å²) in [6.45, 7) is 1.86. The van der Waals surface area contributed by atoms with E-state index in [1.54, 1.807) is 0 Å². The molecule has 0 aliphatic heterocycles. The normalized spacial score (nSPS) is 26.9. The highest BCUT2D eigenvalue weighted by atomic mass is 16.3. The second kappa shape index (κ2) is 5.41. The van der Waals surface area contributed by atoms with Crippen LogP contribution in [0.3, 0.4) is 0 Å². The van der Waals surface area contributed by atoms with Gasteiger partial charge in [-0.1, -0.05) is 37.3 Å². The molecule has 1 fully saturated rings. The topological polar surface area (TPSA) is 73.1 Å². The van der Waals surface area contributed by atoms with E-state index in [1.165, 1.54) is 0 Å². The van der Waals surface area contributed by atoms with Crippen molar-refractivity contribution in [1.82, 2.24) is 5.32 Å². The fraction of sp³-hybridized carbons (Fsp3) is 0.467. The molecule has 2 N–H and O–H groups in total. The van der Waals surface area contributed by atoms with Crippen molar-refractivity contribution in [3.8, 4) is 6.07 Å². The first-order chi connectivity index (χ1) is 9.11. The minimum atomic E-state index is -0.901. The highest BCUT2D eigenvalue weighted by Crippen LogP contribution is 2.45. The molecule has 0 saturated heterocycles. The molecule has 0 heterocycles. The molecule has 1 amide bonds. The van der Waals surface area contributed by atoms with Crippen LogP contribution in [-0.2, 0) is 4.79 Å².